The highest BCUT2D eigenvalue weighted by molar-refractivity contribution is 5.95. The van der Waals surface area contributed by atoms with E-state index in [4.69, 9.17) is 0 Å². The Morgan fingerprint density at radius 3 is 2.57 bits per heavy atom. The van der Waals surface area contributed by atoms with Gasteiger partial charge in [-0.3, -0.25) is 4.79 Å². The summed E-state index contributed by atoms with van der Waals surface area (Å²) < 4.78 is 0. The number of nitrogens with zero attached hydrogens (tertiary/aromatic N) is 1. The predicted octanol–water partition coefficient (Wildman–Crippen LogP) is 3.56. The van der Waals surface area contributed by atoms with Gasteiger partial charge >= 0.3 is 0 Å². The van der Waals surface area contributed by atoms with Crippen LogP contribution in [0.15, 0.2) is 48.5 Å². The van der Waals surface area contributed by atoms with E-state index >= 15 is 0 Å². The average molecular weight is 310 g/mol. The number of rotatable bonds is 7. The van der Waals surface area contributed by atoms with Gasteiger partial charge in [0.05, 0.1) is 0 Å². The molecule has 0 unspecified atom stereocenters. The Bertz CT molecular complexity index is 637. The minimum atomic E-state index is 0.0249. The van der Waals surface area contributed by atoms with Gasteiger partial charge < -0.3 is 10.2 Å². The molecule has 0 fully saturated rings. The molecule has 0 saturated heterocycles. The normalized spacial score (nSPS) is 10.8. The molecule has 122 valence electrons. The van der Waals surface area contributed by atoms with Gasteiger partial charge in [-0.1, -0.05) is 48.0 Å². The highest BCUT2D eigenvalue weighted by Gasteiger charge is 2.08. The molecule has 3 nitrogen and oxygen atoms in total. The zero-order valence-corrected chi connectivity index (χ0v) is 14.3. The summed E-state index contributed by atoms with van der Waals surface area (Å²) in [7, 11) is 2.11. The molecule has 0 aliphatic heterocycles. The molecule has 1 N–H and O–H groups in total. The van der Waals surface area contributed by atoms with Crippen molar-refractivity contribution < 1.29 is 4.79 Å². The third-order valence-corrected chi connectivity index (χ3v) is 3.94. The van der Waals surface area contributed by atoms with Gasteiger partial charge in [0.15, 0.2) is 0 Å². The molecule has 2 aromatic rings. The number of hydrogen-bond acceptors (Lipinski definition) is 2. The van der Waals surface area contributed by atoms with Crippen molar-refractivity contribution in [3.8, 4) is 0 Å². The van der Waals surface area contributed by atoms with E-state index in [2.05, 4.69) is 41.5 Å². The lowest BCUT2D eigenvalue weighted by Crippen LogP contribution is -2.28. The third kappa shape index (κ3) is 5.53. The van der Waals surface area contributed by atoms with Gasteiger partial charge in [0.2, 0.25) is 0 Å². The first-order valence-corrected chi connectivity index (χ1v) is 8.14. The molecule has 23 heavy (non-hydrogen) atoms. The molecule has 0 heterocycles. The van der Waals surface area contributed by atoms with E-state index in [1.54, 1.807) is 0 Å². The van der Waals surface area contributed by atoms with Crippen LogP contribution >= 0.6 is 0 Å². The molecule has 2 rings (SSSR count). The maximum atomic E-state index is 12.2. The summed E-state index contributed by atoms with van der Waals surface area (Å²) in [6, 6.07) is 16.4. The van der Waals surface area contributed by atoms with Crippen LogP contribution in [-0.4, -0.2) is 30.9 Å². The summed E-state index contributed by atoms with van der Waals surface area (Å²) in [6.45, 7) is 6.58. The molecule has 0 saturated carbocycles. The highest BCUT2D eigenvalue weighted by Crippen LogP contribution is 2.10. The quantitative estimate of drug-likeness (QED) is 0.793. The Balaban J connectivity index is 1.72. The van der Waals surface area contributed by atoms with E-state index < -0.39 is 0 Å². The molecule has 0 bridgehead atoms. The van der Waals surface area contributed by atoms with Crippen molar-refractivity contribution in [1.29, 1.82) is 0 Å². The molecule has 0 atom stereocenters. The number of hydrogen-bond donors (Lipinski definition) is 1. The molecule has 2 aromatic carbocycles. The number of nitrogens with one attached hydrogen (secondary N) is 1. The predicted molar refractivity (Wildman–Crippen MR) is 95.6 cm³/mol. The molecule has 0 aliphatic rings. The van der Waals surface area contributed by atoms with Crippen molar-refractivity contribution >= 4 is 5.91 Å². The van der Waals surface area contributed by atoms with Crippen LogP contribution in [-0.2, 0) is 6.54 Å². The fraction of sp³-hybridized carbons (Fsp3) is 0.350. The van der Waals surface area contributed by atoms with Gasteiger partial charge in [0.25, 0.3) is 5.91 Å². The van der Waals surface area contributed by atoms with E-state index in [1.165, 1.54) is 5.56 Å². The minimum Gasteiger partial charge on any atom is -0.352 e. The summed E-state index contributed by atoms with van der Waals surface area (Å²) in [5.74, 6) is 0.0249. The van der Waals surface area contributed by atoms with Gasteiger partial charge in [0, 0.05) is 18.7 Å². The SMILES string of the molecule is Cc1ccc(C)c(C(=O)NCCCN(C)Cc2ccccc2)c1. The summed E-state index contributed by atoms with van der Waals surface area (Å²) in [4.78, 5) is 14.5. The Hall–Kier alpha value is -2.13. The summed E-state index contributed by atoms with van der Waals surface area (Å²) in [6.07, 6.45) is 0.944. The largest absolute Gasteiger partial charge is 0.352 e. The number of benzene rings is 2. The minimum absolute atomic E-state index is 0.0249. The third-order valence-electron chi connectivity index (χ3n) is 3.94. The second-order valence-corrected chi connectivity index (χ2v) is 6.15. The summed E-state index contributed by atoms with van der Waals surface area (Å²) in [5, 5.41) is 3.02. The van der Waals surface area contributed by atoms with Crippen LogP contribution in [0.5, 0.6) is 0 Å². The first-order chi connectivity index (χ1) is 11.1. The smallest absolute Gasteiger partial charge is 0.251 e. The lowest BCUT2D eigenvalue weighted by molar-refractivity contribution is 0.0951. The Labute approximate surface area is 139 Å². The molecule has 0 spiro atoms. The molecule has 1 amide bonds. The second-order valence-electron chi connectivity index (χ2n) is 6.15. The zero-order valence-electron chi connectivity index (χ0n) is 14.3. The van der Waals surface area contributed by atoms with Crippen molar-refractivity contribution in [2.75, 3.05) is 20.1 Å². The van der Waals surface area contributed by atoms with Crippen molar-refractivity contribution in [3.63, 3.8) is 0 Å². The number of amides is 1. The van der Waals surface area contributed by atoms with E-state index in [0.29, 0.717) is 6.54 Å². The number of aryl methyl sites for hydroxylation is 2. The van der Waals surface area contributed by atoms with Crippen molar-refractivity contribution in [2.24, 2.45) is 0 Å². The van der Waals surface area contributed by atoms with Crippen LogP contribution in [0.3, 0.4) is 0 Å². The van der Waals surface area contributed by atoms with E-state index in [0.717, 1.165) is 36.2 Å². The van der Waals surface area contributed by atoms with Crippen LogP contribution in [0.1, 0.15) is 33.5 Å². The fourth-order valence-corrected chi connectivity index (χ4v) is 2.60. The number of carbonyl (C=O) groups excluding carboxylic acids is 1. The average Bonchev–Trinajstić information content (AvgIpc) is 2.54. The Morgan fingerprint density at radius 2 is 1.83 bits per heavy atom. The monoisotopic (exact) mass is 310 g/mol. The first kappa shape index (κ1) is 17.2. The van der Waals surface area contributed by atoms with Gasteiger partial charge in [-0.2, -0.15) is 0 Å². The molecule has 0 aliphatic carbocycles. The lowest BCUT2D eigenvalue weighted by Gasteiger charge is -2.17. The van der Waals surface area contributed by atoms with Gasteiger partial charge in [-0.25, -0.2) is 0 Å². The van der Waals surface area contributed by atoms with Crippen molar-refractivity contribution in [2.45, 2.75) is 26.8 Å². The maximum Gasteiger partial charge on any atom is 0.251 e. The molecular weight excluding hydrogens is 284 g/mol. The van der Waals surface area contributed by atoms with Gasteiger partial charge in [0.1, 0.15) is 0 Å². The summed E-state index contributed by atoms with van der Waals surface area (Å²) >= 11 is 0. The fourth-order valence-electron chi connectivity index (χ4n) is 2.60. The molecule has 0 aromatic heterocycles. The molecule has 0 radical (unpaired) electrons. The second kappa shape index (κ2) is 8.49. The van der Waals surface area contributed by atoms with E-state index in [-0.39, 0.29) is 5.91 Å². The first-order valence-electron chi connectivity index (χ1n) is 8.14. The zero-order chi connectivity index (χ0) is 16.7. The lowest BCUT2D eigenvalue weighted by atomic mass is 10.1. The topological polar surface area (TPSA) is 32.3 Å². The van der Waals surface area contributed by atoms with Gasteiger partial charge in [-0.15, -0.1) is 0 Å². The number of carbonyl (C=O) groups is 1. The van der Waals surface area contributed by atoms with E-state index in [9.17, 15) is 4.79 Å². The summed E-state index contributed by atoms with van der Waals surface area (Å²) in [5.41, 5.74) is 4.23. The Kier molecular flexibility index (Phi) is 6.36. The molecular formula is C20H26N2O. The molecule has 3 heteroatoms. The van der Waals surface area contributed by atoms with Gasteiger partial charge in [-0.05, 0) is 51.1 Å². The van der Waals surface area contributed by atoms with Crippen LogP contribution in [0.4, 0.5) is 0 Å². The van der Waals surface area contributed by atoms with Crippen LogP contribution < -0.4 is 5.32 Å². The highest BCUT2D eigenvalue weighted by atomic mass is 16.1. The van der Waals surface area contributed by atoms with Crippen molar-refractivity contribution in [3.05, 3.63) is 70.8 Å². The van der Waals surface area contributed by atoms with E-state index in [1.807, 2.05) is 38.1 Å². The standard InChI is InChI=1S/C20H26N2O/c1-16-10-11-17(2)19(14-16)20(23)21-12-7-13-22(3)15-18-8-5-4-6-9-18/h4-6,8-11,14H,7,12-13,15H2,1-3H3,(H,21,23). The van der Waals surface area contributed by atoms with Crippen LogP contribution in [0.2, 0.25) is 0 Å². The van der Waals surface area contributed by atoms with Crippen LogP contribution in [0.25, 0.3) is 0 Å². The maximum absolute atomic E-state index is 12.2. The van der Waals surface area contributed by atoms with Crippen molar-refractivity contribution in [1.82, 2.24) is 10.2 Å². The Morgan fingerprint density at radius 1 is 1.09 bits per heavy atom. The van der Waals surface area contributed by atoms with Crippen LogP contribution in [0, 0.1) is 13.8 Å².